The summed E-state index contributed by atoms with van der Waals surface area (Å²) in [5, 5.41) is -0.409. The molecule has 2 aromatic rings. The van der Waals surface area contributed by atoms with Gasteiger partial charge >= 0.3 is 0 Å². The number of aryl methyl sites for hydroxylation is 1. The molecule has 0 saturated heterocycles. The molecule has 0 N–H and O–H groups in total. The zero-order valence-corrected chi connectivity index (χ0v) is 10.6. The zero-order valence-electron chi connectivity index (χ0n) is 9.81. The number of hydrogen-bond donors (Lipinski definition) is 0. The van der Waals surface area contributed by atoms with Crippen LogP contribution in [0.5, 0.6) is 0 Å². The largest absolute Gasteiger partial charge is 0.288 e. The van der Waals surface area contributed by atoms with Crippen LogP contribution in [0, 0.1) is 24.4 Å². The highest BCUT2D eigenvalue weighted by molar-refractivity contribution is 6.35. The van der Waals surface area contributed by atoms with E-state index < -0.39 is 33.8 Å². The van der Waals surface area contributed by atoms with Gasteiger partial charge in [0.1, 0.15) is 17.5 Å². The van der Waals surface area contributed by atoms with Crippen molar-refractivity contribution >= 4 is 17.4 Å². The maximum atomic E-state index is 13.7. The van der Waals surface area contributed by atoms with Crippen LogP contribution >= 0.6 is 11.6 Å². The molecule has 98 valence electrons. The zero-order chi connectivity index (χ0) is 14.2. The molecule has 0 bridgehead atoms. The molecule has 0 saturated carbocycles. The summed E-state index contributed by atoms with van der Waals surface area (Å²) in [4.78, 5) is 12.0. The third kappa shape index (κ3) is 2.49. The van der Waals surface area contributed by atoms with E-state index in [1.807, 2.05) is 0 Å². The number of halogens is 4. The van der Waals surface area contributed by atoms with Gasteiger partial charge in [0.2, 0.25) is 0 Å². The van der Waals surface area contributed by atoms with Gasteiger partial charge in [-0.1, -0.05) is 17.7 Å². The number of ketones is 1. The lowest BCUT2D eigenvalue weighted by Gasteiger charge is -2.07. The molecule has 0 spiro atoms. The maximum Gasteiger partial charge on any atom is 0.197 e. The predicted octanol–water partition coefficient (Wildman–Crippen LogP) is 4.30. The summed E-state index contributed by atoms with van der Waals surface area (Å²) in [6.07, 6.45) is 0. The van der Waals surface area contributed by atoms with Gasteiger partial charge in [0.05, 0.1) is 10.6 Å². The molecule has 0 radical (unpaired) electrons. The van der Waals surface area contributed by atoms with Crippen molar-refractivity contribution in [3.63, 3.8) is 0 Å². The molecule has 0 aliphatic rings. The van der Waals surface area contributed by atoms with Crippen LogP contribution in [0.4, 0.5) is 13.2 Å². The van der Waals surface area contributed by atoms with E-state index >= 15 is 0 Å². The minimum absolute atomic E-state index is 0.0828. The Balaban J connectivity index is 2.56. The highest BCUT2D eigenvalue weighted by atomic mass is 35.5. The van der Waals surface area contributed by atoms with Crippen molar-refractivity contribution in [3.8, 4) is 0 Å². The molecule has 0 heterocycles. The quantitative estimate of drug-likeness (QED) is 0.752. The summed E-state index contributed by atoms with van der Waals surface area (Å²) < 4.78 is 40.3. The van der Waals surface area contributed by atoms with E-state index in [0.717, 1.165) is 18.2 Å². The fourth-order valence-electron chi connectivity index (χ4n) is 1.64. The lowest BCUT2D eigenvalue weighted by atomic mass is 10.0. The highest BCUT2D eigenvalue weighted by Crippen LogP contribution is 2.24. The Kier molecular flexibility index (Phi) is 3.62. The Morgan fingerprint density at radius 1 is 1.00 bits per heavy atom. The van der Waals surface area contributed by atoms with E-state index in [1.54, 1.807) is 0 Å². The summed E-state index contributed by atoms with van der Waals surface area (Å²) in [7, 11) is 0. The number of carbonyl (C=O) groups excluding carboxylic acids is 1. The van der Waals surface area contributed by atoms with Crippen LogP contribution < -0.4 is 0 Å². The molecular weight excluding hydrogens is 277 g/mol. The molecule has 1 nitrogen and oxygen atoms in total. The van der Waals surface area contributed by atoms with Crippen LogP contribution in [-0.4, -0.2) is 5.78 Å². The first-order valence-electron chi connectivity index (χ1n) is 5.36. The van der Waals surface area contributed by atoms with Crippen molar-refractivity contribution < 1.29 is 18.0 Å². The summed E-state index contributed by atoms with van der Waals surface area (Å²) in [5.41, 5.74) is -0.598. The van der Waals surface area contributed by atoms with Gasteiger partial charge in [-0.05, 0) is 36.8 Å². The van der Waals surface area contributed by atoms with Gasteiger partial charge in [-0.3, -0.25) is 4.79 Å². The Hall–Kier alpha value is -1.81. The van der Waals surface area contributed by atoms with Gasteiger partial charge in [-0.15, -0.1) is 0 Å². The number of rotatable bonds is 2. The van der Waals surface area contributed by atoms with Crippen LogP contribution in [0.15, 0.2) is 30.3 Å². The molecule has 0 amide bonds. The van der Waals surface area contributed by atoms with Crippen LogP contribution in [0.25, 0.3) is 0 Å². The minimum atomic E-state index is -0.871. The minimum Gasteiger partial charge on any atom is -0.288 e. The second-order valence-electron chi connectivity index (χ2n) is 4.01. The smallest absolute Gasteiger partial charge is 0.197 e. The SMILES string of the molecule is Cc1cc(F)c(C(=O)c2cccc(F)c2Cl)cc1F. The van der Waals surface area contributed by atoms with E-state index in [-0.39, 0.29) is 11.1 Å². The van der Waals surface area contributed by atoms with E-state index in [4.69, 9.17) is 11.6 Å². The standard InChI is InChI=1S/C14H8ClF3O/c1-7-5-12(18)9(6-11(7)17)14(19)8-3-2-4-10(16)13(8)15/h2-6H,1H3. The first kappa shape index (κ1) is 13.6. The maximum absolute atomic E-state index is 13.7. The Morgan fingerprint density at radius 3 is 2.37 bits per heavy atom. The molecule has 0 fully saturated rings. The summed E-state index contributed by atoms with van der Waals surface area (Å²) in [6, 6.07) is 5.30. The number of hydrogen-bond acceptors (Lipinski definition) is 1. The van der Waals surface area contributed by atoms with Gasteiger partial charge in [0.15, 0.2) is 5.78 Å². The van der Waals surface area contributed by atoms with Crippen LogP contribution in [-0.2, 0) is 0 Å². The van der Waals surface area contributed by atoms with E-state index in [9.17, 15) is 18.0 Å². The molecule has 0 aliphatic heterocycles. The molecule has 5 heteroatoms. The van der Waals surface area contributed by atoms with Crippen molar-refractivity contribution in [3.05, 3.63) is 69.5 Å². The summed E-state index contributed by atoms with van der Waals surface area (Å²) in [6.45, 7) is 1.38. The Morgan fingerprint density at radius 2 is 1.68 bits per heavy atom. The van der Waals surface area contributed by atoms with Gasteiger partial charge in [-0.2, -0.15) is 0 Å². The normalized spacial score (nSPS) is 10.6. The fraction of sp³-hybridized carbons (Fsp3) is 0.0714. The second kappa shape index (κ2) is 5.05. The summed E-state index contributed by atoms with van der Waals surface area (Å²) in [5.74, 6) is -3.23. The van der Waals surface area contributed by atoms with Gasteiger partial charge in [0, 0.05) is 5.56 Å². The first-order chi connectivity index (χ1) is 8.91. The molecule has 0 unspecified atom stereocenters. The average Bonchev–Trinajstić information content (AvgIpc) is 2.36. The van der Waals surface area contributed by atoms with Crippen molar-refractivity contribution in [2.45, 2.75) is 6.92 Å². The van der Waals surface area contributed by atoms with Crippen molar-refractivity contribution in [2.75, 3.05) is 0 Å². The van der Waals surface area contributed by atoms with Crippen molar-refractivity contribution in [1.82, 2.24) is 0 Å². The molecular formula is C14H8ClF3O. The van der Waals surface area contributed by atoms with Crippen LogP contribution in [0.2, 0.25) is 5.02 Å². The van der Waals surface area contributed by atoms with E-state index in [2.05, 4.69) is 0 Å². The molecule has 2 rings (SSSR count). The van der Waals surface area contributed by atoms with Gasteiger partial charge in [-0.25, -0.2) is 13.2 Å². The number of benzene rings is 2. The topological polar surface area (TPSA) is 17.1 Å². The van der Waals surface area contributed by atoms with Gasteiger partial charge in [0.25, 0.3) is 0 Å². The fourth-order valence-corrected chi connectivity index (χ4v) is 1.86. The van der Waals surface area contributed by atoms with E-state index in [1.165, 1.54) is 19.1 Å². The van der Waals surface area contributed by atoms with Gasteiger partial charge < -0.3 is 0 Å². The molecule has 0 atom stereocenters. The van der Waals surface area contributed by atoms with Crippen LogP contribution in [0.3, 0.4) is 0 Å². The average molecular weight is 285 g/mol. The Labute approximate surface area is 112 Å². The number of carbonyl (C=O) groups is 1. The Bertz CT molecular complexity index is 668. The molecule has 19 heavy (non-hydrogen) atoms. The third-order valence-corrected chi connectivity index (χ3v) is 3.07. The second-order valence-corrected chi connectivity index (χ2v) is 4.39. The lowest BCUT2D eigenvalue weighted by molar-refractivity contribution is 0.103. The predicted molar refractivity (Wildman–Crippen MR) is 65.9 cm³/mol. The molecule has 0 aromatic heterocycles. The highest BCUT2D eigenvalue weighted by Gasteiger charge is 2.20. The monoisotopic (exact) mass is 284 g/mol. The molecule has 0 aliphatic carbocycles. The molecule has 2 aromatic carbocycles. The van der Waals surface area contributed by atoms with Crippen LogP contribution in [0.1, 0.15) is 21.5 Å². The first-order valence-corrected chi connectivity index (χ1v) is 5.74. The van der Waals surface area contributed by atoms with E-state index in [0.29, 0.717) is 0 Å². The van der Waals surface area contributed by atoms with Crippen molar-refractivity contribution in [2.24, 2.45) is 0 Å². The van der Waals surface area contributed by atoms with Crippen molar-refractivity contribution in [1.29, 1.82) is 0 Å². The summed E-state index contributed by atoms with van der Waals surface area (Å²) >= 11 is 5.65. The lowest BCUT2D eigenvalue weighted by Crippen LogP contribution is -2.07. The third-order valence-electron chi connectivity index (χ3n) is 2.69.